The molecule has 2 aliphatic rings. The van der Waals surface area contributed by atoms with E-state index in [4.69, 9.17) is 25.8 Å². The first kappa shape index (κ1) is 20.5. The Morgan fingerprint density at radius 1 is 1.24 bits per heavy atom. The second-order valence-electron chi connectivity index (χ2n) is 7.70. The standard InChI is InChI=1S/C22H23ClF2O4/c1-2-27-20-6-3-14(8-19(20)25)7-15-9-16(4-5-18(15)23)22-11-17(26)10-21(12-24,29-22)13-28-22/h3-6,8-9,17,26H,2,7,10-13H2,1H3/t17-,21-,22+/m0/s1. The Morgan fingerprint density at radius 3 is 2.79 bits per heavy atom. The van der Waals surface area contributed by atoms with Crippen LogP contribution in [0.25, 0.3) is 0 Å². The van der Waals surface area contributed by atoms with E-state index >= 15 is 0 Å². The molecule has 2 fully saturated rings. The van der Waals surface area contributed by atoms with Gasteiger partial charge in [-0.3, -0.25) is 0 Å². The highest BCUT2D eigenvalue weighted by Crippen LogP contribution is 2.49. The smallest absolute Gasteiger partial charge is 0.198 e. The predicted molar refractivity (Wildman–Crippen MR) is 104 cm³/mol. The van der Waals surface area contributed by atoms with Crippen LogP contribution in [0.3, 0.4) is 0 Å². The van der Waals surface area contributed by atoms with Gasteiger partial charge in [-0.05, 0) is 48.7 Å². The number of hydrogen-bond donors (Lipinski definition) is 1. The van der Waals surface area contributed by atoms with Gasteiger partial charge in [0.25, 0.3) is 0 Å². The summed E-state index contributed by atoms with van der Waals surface area (Å²) >= 11 is 6.38. The number of halogens is 3. The third-order valence-corrected chi connectivity index (χ3v) is 5.85. The number of aliphatic hydroxyl groups is 1. The molecule has 156 valence electrons. The van der Waals surface area contributed by atoms with Gasteiger partial charge in [-0.15, -0.1) is 0 Å². The first-order valence-corrected chi connectivity index (χ1v) is 10.0. The lowest BCUT2D eigenvalue weighted by atomic mass is 9.88. The van der Waals surface area contributed by atoms with Crippen molar-refractivity contribution in [3.63, 3.8) is 0 Å². The van der Waals surface area contributed by atoms with Crippen molar-refractivity contribution in [2.75, 3.05) is 19.9 Å². The number of hydrogen-bond acceptors (Lipinski definition) is 4. The van der Waals surface area contributed by atoms with Gasteiger partial charge in [-0.25, -0.2) is 8.78 Å². The molecular formula is C22H23ClF2O4. The monoisotopic (exact) mass is 424 g/mol. The van der Waals surface area contributed by atoms with E-state index in [1.807, 2.05) is 6.07 Å². The quantitative estimate of drug-likeness (QED) is 0.740. The SMILES string of the molecule is CCOc1ccc(Cc2cc([C@]34C[C@@H](O)C[C@](CF)(CO3)O4)ccc2Cl)cc1F. The van der Waals surface area contributed by atoms with E-state index in [0.29, 0.717) is 23.6 Å². The summed E-state index contributed by atoms with van der Waals surface area (Å²) in [6.07, 6.45) is 0.0921. The molecule has 0 radical (unpaired) electrons. The highest BCUT2D eigenvalue weighted by molar-refractivity contribution is 6.31. The lowest BCUT2D eigenvalue weighted by Gasteiger charge is -2.39. The first-order chi connectivity index (χ1) is 13.9. The maximum absolute atomic E-state index is 14.2. The number of alkyl halides is 1. The zero-order valence-electron chi connectivity index (χ0n) is 16.1. The summed E-state index contributed by atoms with van der Waals surface area (Å²) < 4.78 is 44.9. The molecule has 1 N–H and O–H groups in total. The normalized spacial score (nSPS) is 28.5. The van der Waals surface area contributed by atoms with Gasteiger partial charge in [0.1, 0.15) is 12.3 Å². The lowest BCUT2D eigenvalue weighted by molar-refractivity contribution is -0.245. The van der Waals surface area contributed by atoms with Gasteiger partial charge in [0, 0.05) is 23.4 Å². The summed E-state index contributed by atoms with van der Waals surface area (Å²) in [5.74, 6) is -1.42. The van der Waals surface area contributed by atoms with Crippen molar-refractivity contribution < 1.29 is 28.1 Å². The van der Waals surface area contributed by atoms with Crippen molar-refractivity contribution >= 4 is 11.6 Å². The minimum absolute atomic E-state index is 0.0859. The van der Waals surface area contributed by atoms with Gasteiger partial charge >= 0.3 is 0 Å². The summed E-state index contributed by atoms with van der Waals surface area (Å²) in [5.41, 5.74) is 1.04. The predicted octanol–water partition coefficient (Wildman–Crippen LogP) is 4.53. The van der Waals surface area contributed by atoms with Crippen molar-refractivity contribution in [2.45, 2.75) is 43.7 Å². The zero-order valence-corrected chi connectivity index (χ0v) is 16.8. The van der Waals surface area contributed by atoms with E-state index in [2.05, 4.69) is 0 Å². The van der Waals surface area contributed by atoms with E-state index < -0.39 is 30.0 Å². The van der Waals surface area contributed by atoms with Crippen LogP contribution in [0.1, 0.15) is 36.5 Å². The van der Waals surface area contributed by atoms with Crippen molar-refractivity contribution in [1.82, 2.24) is 0 Å². The second kappa shape index (κ2) is 7.84. The van der Waals surface area contributed by atoms with Crippen LogP contribution in [0, 0.1) is 5.82 Å². The van der Waals surface area contributed by atoms with E-state index in [1.165, 1.54) is 6.07 Å². The van der Waals surface area contributed by atoms with Crippen LogP contribution < -0.4 is 4.74 Å². The van der Waals surface area contributed by atoms with Crippen LogP contribution in [0.5, 0.6) is 5.75 Å². The fourth-order valence-corrected chi connectivity index (χ4v) is 4.33. The lowest BCUT2D eigenvalue weighted by Crippen LogP contribution is -2.47. The summed E-state index contributed by atoms with van der Waals surface area (Å²) in [7, 11) is 0. The zero-order chi connectivity index (χ0) is 20.6. The molecule has 0 aromatic heterocycles. The highest BCUT2D eigenvalue weighted by Gasteiger charge is 2.57. The first-order valence-electron chi connectivity index (χ1n) is 9.67. The maximum Gasteiger partial charge on any atom is 0.198 e. The van der Waals surface area contributed by atoms with Crippen LogP contribution >= 0.6 is 11.6 Å². The van der Waals surface area contributed by atoms with Crippen molar-refractivity contribution in [3.05, 3.63) is 63.9 Å². The summed E-state index contributed by atoms with van der Waals surface area (Å²) in [6.45, 7) is 1.55. The Balaban J connectivity index is 1.63. The fraction of sp³-hybridized carbons (Fsp3) is 0.455. The molecule has 0 saturated carbocycles. The minimum Gasteiger partial charge on any atom is -0.491 e. The Kier molecular flexibility index (Phi) is 5.55. The fourth-order valence-electron chi connectivity index (χ4n) is 4.14. The molecule has 2 saturated heterocycles. The molecule has 2 heterocycles. The Labute approximate surface area is 173 Å². The van der Waals surface area contributed by atoms with Gasteiger partial charge in [0.2, 0.25) is 0 Å². The van der Waals surface area contributed by atoms with Crippen LogP contribution in [-0.2, 0) is 21.7 Å². The highest BCUT2D eigenvalue weighted by atomic mass is 35.5. The van der Waals surface area contributed by atoms with Crippen LogP contribution in [0.2, 0.25) is 5.02 Å². The molecule has 29 heavy (non-hydrogen) atoms. The van der Waals surface area contributed by atoms with Crippen LogP contribution in [0.15, 0.2) is 36.4 Å². The number of fused-ring (bicyclic) bond motifs is 2. The average Bonchev–Trinajstić information content (AvgIpc) is 2.98. The Hall–Kier alpha value is -1.73. The number of ether oxygens (including phenoxy) is 3. The molecule has 0 aliphatic carbocycles. The molecule has 3 atom stereocenters. The van der Waals surface area contributed by atoms with Crippen molar-refractivity contribution in [2.24, 2.45) is 0 Å². The van der Waals surface area contributed by atoms with E-state index in [1.54, 1.807) is 31.2 Å². The van der Waals surface area contributed by atoms with Crippen LogP contribution in [0.4, 0.5) is 8.78 Å². The Morgan fingerprint density at radius 2 is 2.07 bits per heavy atom. The molecule has 2 bridgehead atoms. The number of rotatable bonds is 6. The Bertz CT molecular complexity index is 908. The summed E-state index contributed by atoms with van der Waals surface area (Å²) in [4.78, 5) is 0. The largest absolute Gasteiger partial charge is 0.491 e. The third-order valence-electron chi connectivity index (χ3n) is 5.48. The van der Waals surface area contributed by atoms with Crippen LogP contribution in [-0.4, -0.2) is 36.7 Å². The molecule has 2 aliphatic heterocycles. The van der Waals surface area contributed by atoms with Crippen molar-refractivity contribution in [1.29, 1.82) is 0 Å². The molecule has 4 rings (SSSR count). The van der Waals surface area contributed by atoms with Gasteiger partial charge < -0.3 is 19.3 Å². The number of benzene rings is 2. The summed E-state index contributed by atoms with van der Waals surface area (Å²) in [5, 5.41) is 10.8. The minimum atomic E-state index is -1.20. The second-order valence-corrected chi connectivity index (χ2v) is 8.11. The molecule has 7 heteroatoms. The number of aliphatic hydroxyl groups excluding tert-OH is 1. The topological polar surface area (TPSA) is 47.9 Å². The van der Waals surface area contributed by atoms with E-state index in [9.17, 15) is 13.9 Å². The van der Waals surface area contributed by atoms with Gasteiger partial charge in [-0.2, -0.15) is 0 Å². The summed E-state index contributed by atoms with van der Waals surface area (Å²) in [6, 6.07) is 10.1. The molecule has 4 nitrogen and oxygen atoms in total. The molecule has 0 spiro atoms. The third kappa shape index (κ3) is 3.87. The van der Waals surface area contributed by atoms with Gasteiger partial charge in [-0.1, -0.05) is 23.7 Å². The van der Waals surface area contributed by atoms with Gasteiger partial charge in [0.15, 0.2) is 17.4 Å². The molecule has 0 amide bonds. The van der Waals surface area contributed by atoms with Gasteiger partial charge in [0.05, 0.1) is 19.3 Å². The van der Waals surface area contributed by atoms with Crippen molar-refractivity contribution in [3.8, 4) is 5.75 Å². The van der Waals surface area contributed by atoms with E-state index in [-0.39, 0.29) is 25.2 Å². The van der Waals surface area contributed by atoms with E-state index in [0.717, 1.165) is 11.1 Å². The molecule has 0 unspecified atom stereocenters. The maximum atomic E-state index is 14.2. The average molecular weight is 425 g/mol. The molecule has 2 aromatic rings. The molecular weight excluding hydrogens is 402 g/mol. The molecule has 2 aromatic carbocycles.